The number of hydrogen-bond acceptors (Lipinski definition) is 3. The highest BCUT2D eigenvalue weighted by atomic mass is 16.3. The summed E-state index contributed by atoms with van der Waals surface area (Å²) in [6, 6.07) is 0.222. The Balaban J connectivity index is 2.13. The summed E-state index contributed by atoms with van der Waals surface area (Å²) >= 11 is 0. The predicted octanol–water partition coefficient (Wildman–Crippen LogP) is 0.263. The summed E-state index contributed by atoms with van der Waals surface area (Å²) in [5.41, 5.74) is 0.0110. The second kappa shape index (κ2) is 5.47. The highest BCUT2D eigenvalue weighted by molar-refractivity contribution is 5.76. The zero-order valence-electron chi connectivity index (χ0n) is 9.68. The molecule has 1 aliphatic carbocycles. The van der Waals surface area contributed by atoms with Crippen LogP contribution in [0.2, 0.25) is 0 Å². The van der Waals surface area contributed by atoms with E-state index in [0.29, 0.717) is 13.0 Å². The smallest absolute Gasteiger partial charge is 0.221 e. The molecule has 1 atom stereocenters. The molecule has 4 nitrogen and oxygen atoms in total. The zero-order valence-corrected chi connectivity index (χ0v) is 9.68. The molecule has 4 heteroatoms. The summed E-state index contributed by atoms with van der Waals surface area (Å²) in [5.74, 6) is 0.0724. The molecule has 0 saturated heterocycles. The number of carbonyl (C=O) groups is 1. The fraction of sp³-hybridized carbons (Fsp3) is 0.909. The topological polar surface area (TPSA) is 61.4 Å². The average molecular weight is 214 g/mol. The van der Waals surface area contributed by atoms with Crippen LogP contribution in [0.3, 0.4) is 0 Å². The molecule has 0 bridgehead atoms. The second-order valence-corrected chi connectivity index (χ2v) is 4.60. The molecular formula is C11H22N2O2. The molecule has 1 saturated carbocycles. The maximum absolute atomic E-state index is 11.5. The molecule has 1 amide bonds. The van der Waals surface area contributed by atoms with Crippen LogP contribution in [0.1, 0.15) is 33.1 Å². The minimum absolute atomic E-state index is 0.0110. The molecule has 0 aromatic carbocycles. The van der Waals surface area contributed by atoms with E-state index in [2.05, 4.69) is 10.6 Å². The normalized spacial score (nSPS) is 19.7. The van der Waals surface area contributed by atoms with Gasteiger partial charge in [0.15, 0.2) is 0 Å². The van der Waals surface area contributed by atoms with Crippen LogP contribution >= 0.6 is 0 Å². The van der Waals surface area contributed by atoms with Crippen LogP contribution in [0.5, 0.6) is 0 Å². The largest absolute Gasteiger partial charge is 0.396 e. The fourth-order valence-electron chi connectivity index (χ4n) is 1.62. The molecule has 0 aliphatic heterocycles. The van der Waals surface area contributed by atoms with Crippen molar-refractivity contribution in [1.82, 2.24) is 10.6 Å². The average Bonchev–Trinajstić information content (AvgIpc) is 2.96. The van der Waals surface area contributed by atoms with Crippen LogP contribution in [0, 0.1) is 5.41 Å². The van der Waals surface area contributed by atoms with E-state index in [0.717, 1.165) is 19.4 Å². The van der Waals surface area contributed by atoms with Crippen molar-refractivity contribution < 1.29 is 9.90 Å². The summed E-state index contributed by atoms with van der Waals surface area (Å²) in [6.45, 7) is 5.73. The number of carbonyl (C=O) groups excluding carboxylic acids is 1. The molecule has 1 rings (SSSR count). The number of aliphatic hydroxyl groups excluding tert-OH is 1. The van der Waals surface area contributed by atoms with Gasteiger partial charge in [-0.15, -0.1) is 0 Å². The number of nitrogens with one attached hydrogen (secondary N) is 2. The lowest BCUT2D eigenvalue weighted by molar-refractivity contribution is -0.121. The van der Waals surface area contributed by atoms with Gasteiger partial charge < -0.3 is 15.7 Å². The van der Waals surface area contributed by atoms with Crippen molar-refractivity contribution in [2.24, 2.45) is 5.41 Å². The van der Waals surface area contributed by atoms with Crippen molar-refractivity contribution in [2.75, 3.05) is 19.7 Å². The second-order valence-electron chi connectivity index (χ2n) is 4.60. The van der Waals surface area contributed by atoms with E-state index in [9.17, 15) is 4.79 Å². The highest BCUT2D eigenvalue weighted by Gasteiger charge is 2.41. The van der Waals surface area contributed by atoms with Gasteiger partial charge >= 0.3 is 0 Å². The summed E-state index contributed by atoms with van der Waals surface area (Å²) in [5, 5.41) is 15.2. The minimum Gasteiger partial charge on any atom is -0.396 e. The van der Waals surface area contributed by atoms with Gasteiger partial charge in [-0.05, 0) is 26.3 Å². The van der Waals surface area contributed by atoms with E-state index in [4.69, 9.17) is 5.11 Å². The maximum Gasteiger partial charge on any atom is 0.221 e. The summed E-state index contributed by atoms with van der Waals surface area (Å²) in [7, 11) is 0. The molecule has 0 radical (unpaired) electrons. The van der Waals surface area contributed by atoms with Gasteiger partial charge in [-0.1, -0.05) is 6.92 Å². The Morgan fingerprint density at radius 1 is 1.53 bits per heavy atom. The van der Waals surface area contributed by atoms with Gasteiger partial charge in [0, 0.05) is 24.4 Å². The predicted molar refractivity (Wildman–Crippen MR) is 59.5 cm³/mol. The number of rotatable bonds is 7. The SMILES string of the molecule is CCNC(C)CC(=O)NCC1(CO)CC1. The number of aliphatic hydroxyl groups is 1. The van der Waals surface area contributed by atoms with E-state index in [1.165, 1.54) is 0 Å². The van der Waals surface area contributed by atoms with Gasteiger partial charge in [0.05, 0.1) is 6.61 Å². The van der Waals surface area contributed by atoms with Crippen LogP contribution in [0.4, 0.5) is 0 Å². The Bertz CT molecular complexity index is 215. The molecule has 0 aromatic rings. The van der Waals surface area contributed by atoms with Crippen LogP contribution < -0.4 is 10.6 Å². The first-order valence-corrected chi connectivity index (χ1v) is 5.73. The summed E-state index contributed by atoms with van der Waals surface area (Å²) in [6.07, 6.45) is 2.58. The molecule has 3 N–H and O–H groups in total. The third-order valence-electron chi connectivity index (χ3n) is 3.00. The van der Waals surface area contributed by atoms with E-state index < -0.39 is 0 Å². The first-order valence-electron chi connectivity index (χ1n) is 5.73. The molecule has 1 fully saturated rings. The lowest BCUT2D eigenvalue weighted by Crippen LogP contribution is -2.36. The van der Waals surface area contributed by atoms with Gasteiger partial charge in [-0.2, -0.15) is 0 Å². The first kappa shape index (κ1) is 12.5. The summed E-state index contributed by atoms with van der Waals surface area (Å²) < 4.78 is 0. The molecule has 0 heterocycles. The van der Waals surface area contributed by atoms with Crippen molar-refractivity contribution in [3.05, 3.63) is 0 Å². The van der Waals surface area contributed by atoms with Crippen molar-refractivity contribution in [3.8, 4) is 0 Å². The molecule has 88 valence electrons. The quantitative estimate of drug-likeness (QED) is 0.570. The van der Waals surface area contributed by atoms with Crippen LogP contribution in [0.25, 0.3) is 0 Å². The third-order valence-corrected chi connectivity index (χ3v) is 3.00. The lowest BCUT2D eigenvalue weighted by atomic mass is 10.1. The van der Waals surface area contributed by atoms with Crippen LogP contribution in [0.15, 0.2) is 0 Å². The summed E-state index contributed by atoms with van der Waals surface area (Å²) in [4.78, 5) is 11.5. The van der Waals surface area contributed by atoms with E-state index in [1.54, 1.807) is 0 Å². The zero-order chi connectivity index (χ0) is 11.3. The molecule has 1 aliphatic rings. The monoisotopic (exact) mass is 214 g/mol. The van der Waals surface area contributed by atoms with Crippen molar-refractivity contribution in [3.63, 3.8) is 0 Å². The standard InChI is InChI=1S/C11H22N2O2/c1-3-12-9(2)6-10(15)13-7-11(8-14)4-5-11/h9,12,14H,3-8H2,1-2H3,(H,13,15). The van der Waals surface area contributed by atoms with Gasteiger partial charge in [0.25, 0.3) is 0 Å². The van der Waals surface area contributed by atoms with Gasteiger partial charge in [0.2, 0.25) is 5.91 Å². The van der Waals surface area contributed by atoms with Crippen molar-refractivity contribution in [2.45, 2.75) is 39.2 Å². The first-order chi connectivity index (χ1) is 7.12. The van der Waals surface area contributed by atoms with E-state index in [1.807, 2.05) is 13.8 Å². The Morgan fingerprint density at radius 2 is 2.20 bits per heavy atom. The Morgan fingerprint density at radius 3 is 2.67 bits per heavy atom. The highest BCUT2D eigenvalue weighted by Crippen LogP contribution is 2.44. The minimum atomic E-state index is 0.0110. The van der Waals surface area contributed by atoms with Crippen LogP contribution in [-0.2, 0) is 4.79 Å². The fourth-order valence-corrected chi connectivity index (χ4v) is 1.62. The van der Waals surface area contributed by atoms with Crippen LogP contribution in [-0.4, -0.2) is 36.8 Å². The van der Waals surface area contributed by atoms with E-state index >= 15 is 0 Å². The molecule has 0 aromatic heterocycles. The van der Waals surface area contributed by atoms with Gasteiger partial charge in [-0.3, -0.25) is 4.79 Å². The Kier molecular flexibility index (Phi) is 4.54. The molecule has 15 heavy (non-hydrogen) atoms. The lowest BCUT2D eigenvalue weighted by Gasteiger charge is -2.15. The van der Waals surface area contributed by atoms with Gasteiger partial charge in [-0.25, -0.2) is 0 Å². The third kappa shape index (κ3) is 4.18. The molecular weight excluding hydrogens is 192 g/mol. The molecule has 0 spiro atoms. The Hall–Kier alpha value is -0.610. The number of amides is 1. The molecule has 1 unspecified atom stereocenters. The maximum atomic E-state index is 11.5. The van der Waals surface area contributed by atoms with Crippen molar-refractivity contribution in [1.29, 1.82) is 0 Å². The van der Waals surface area contributed by atoms with E-state index in [-0.39, 0.29) is 24.0 Å². The number of hydrogen-bond donors (Lipinski definition) is 3. The Labute approximate surface area is 91.4 Å². The van der Waals surface area contributed by atoms with Gasteiger partial charge in [0.1, 0.15) is 0 Å². The van der Waals surface area contributed by atoms with Crippen molar-refractivity contribution >= 4 is 5.91 Å².